The van der Waals surface area contributed by atoms with Gasteiger partial charge >= 0.3 is 0 Å². The van der Waals surface area contributed by atoms with Crippen molar-refractivity contribution >= 4 is 65.5 Å². The highest BCUT2D eigenvalue weighted by Gasteiger charge is 2.49. The van der Waals surface area contributed by atoms with Crippen molar-refractivity contribution in [1.29, 1.82) is 0 Å². The summed E-state index contributed by atoms with van der Waals surface area (Å²) in [6.45, 7) is 4.73. The SMILES string of the molecule is CC1(C)c2ccccc2-c2ccc([N+]3=C4C=CC=C5c6ccc7c(sc8ccccc87)c6N(c6ccccc63)C54)cc21. The van der Waals surface area contributed by atoms with Crippen molar-refractivity contribution < 1.29 is 0 Å². The standard InChI is InChI=1S/C39H27N2S/c1-39(2)30-13-5-3-10-24(30)25-19-18-23(22-31(25)39)40-32-14-6-7-15-33(32)41-36-27(12-9-16-34(36)40)28-20-21-29-26-11-4-8-17-35(26)42-38(29)37(28)41/h3-22,36H,1-2H3/q+1. The lowest BCUT2D eigenvalue weighted by Gasteiger charge is -2.33. The van der Waals surface area contributed by atoms with Gasteiger partial charge in [0.1, 0.15) is 11.7 Å². The minimum Gasteiger partial charge on any atom is -0.316 e. The largest absolute Gasteiger partial charge is 0.316 e. The Bertz CT molecular complexity index is 2290. The van der Waals surface area contributed by atoms with Crippen molar-refractivity contribution in [3.05, 3.63) is 138 Å². The Morgan fingerprint density at radius 2 is 1.52 bits per heavy atom. The van der Waals surface area contributed by atoms with Gasteiger partial charge in [-0.1, -0.05) is 92.7 Å². The third-order valence-electron chi connectivity index (χ3n) is 9.91. The maximum atomic E-state index is 2.62. The van der Waals surface area contributed by atoms with Crippen LogP contribution in [0.4, 0.5) is 22.7 Å². The van der Waals surface area contributed by atoms with Crippen LogP contribution in [-0.2, 0) is 5.41 Å². The molecular formula is C39H27N2S+. The number of hydrogen-bond donors (Lipinski definition) is 0. The molecule has 3 heteroatoms. The summed E-state index contributed by atoms with van der Waals surface area (Å²) in [6.07, 6.45) is 6.91. The summed E-state index contributed by atoms with van der Waals surface area (Å²) < 4.78 is 5.25. The summed E-state index contributed by atoms with van der Waals surface area (Å²) in [5, 5.41) is 2.70. The number of rotatable bonds is 1. The Kier molecular flexibility index (Phi) is 4.23. The predicted octanol–water partition coefficient (Wildman–Crippen LogP) is 10.1. The molecule has 0 amide bonds. The van der Waals surface area contributed by atoms with Gasteiger partial charge in [-0.25, -0.2) is 0 Å². The highest BCUT2D eigenvalue weighted by atomic mass is 32.1. The topological polar surface area (TPSA) is 6.25 Å². The minimum atomic E-state index is -0.0439. The molecule has 0 saturated heterocycles. The first-order chi connectivity index (χ1) is 20.6. The molecule has 0 saturated carbocycles. The predicted molar refractivity (Wildman–Crippen MR) is 179 cm³/mol. The first kappa shape index (κ1) is 22.9. The molecule has 4 aliphatic rings. The third kappa shape index (κ3) is 2.68. The highest BCUT2D eigenvalue weighted by Crippen LogP contribution is 2.57. The molecule has 1 aromatic heterocycles. The fourth-order valence-corrected chi connectivity index (χ4v) is 9.30. The van der Waals surface area contributed by atoms with Crippen LogP contribution in [0.15, 0.2) is 121 Å². The second kappa shape index (κ2) is 7.76. The molecule has 198 valence electrons. The molecule has 1 unspecified atom stereocenters. The lowest BCUT2D eigenvalue weighted by atomic mass is 9.82. The number of hydrogen-bond acceptors (Lipinski definition) is 2. The van der Waals surface area contributed by atoms with Gasteiger partial charge in [0.25, 0.3) is 0 Å². The normalized spacial score (nSPS) is 18.6. The van der Waals surface area contributed by atoms with Crippen LogP contribution in [0, 0.1) is 0 Å². The van der Waals surface area contributed by atoms with Crippen molar-refractivity contribution in [2.45, 2.75) is 25.3 Å². The van der Waals surface area contributed by atoms with E-state index in [1.165, 1.54) is 82.0 Å². The Hall–Kier alpha value is -4.73. The molecule has 0 spiro atoms. The molecule has 0 fully saturated rings. The fourth-order valence-electron chi connectivity index (χ4n) is 8.05. The lowest BCUT2D eigenvalue weighted by Crippen LogP contribution is -2.43. The van der Waals surface area contributed by atoms with Crippen LogP contribution in [0.3, 0.4) is 0 Å². The fraction of sp³-hybridized carbons (Fsp3) is 0.103. The van der Waals surface area contributed by atoms with E-state index in [4.69, 9.17) is 0 Å². The number of thiophene rings is 1. The van der Waals surface area contributed by atoms with E-state index < -0.39 is 0 Å². The quantitative estimate of drug-likeness (QED) is 0.183. The summed E-state index contributed by atoms with van der Waals surface area (Å²) in [6, 6.07) is 38.7. The molecule has 1 atom stereocenters. The zero-order valence-electron chi connectivity index (χ0n) is 23.4. The number of para-hydroxylation sites is 2. The summed E-state index contributed by atoms with van der Waals surface area (Å²) in [4.78, 5) is 2.62. The van der Waals surface area contributed by atoms with Gasteiger partial charge in [-0.15, -0.1) is 11.3 Å². The second-order valence-corrected chi connectivity index (χ2v) is 13.4. The average molecular weight is 556 g/mol. The van der Waals surface area contributed by atoms with E-state index in [1.807, 2.05) is 11.3 Å². The highest BCUT2D eigenvalue weighted by molar-refractivity contribution is 7.26. The van der Waals surface area contributed by atoms with E-state index in [1.54, 1.807) is 0 Å². The maximum absolute atomic E-state index is 2.62. The number of nitrogens with zero attached hydrogens (tertiary/aromatic N) is 2. The Morgan fingerprint density at radius 1 is 0.738 bits per heavy atom. The van der Waals surface area contributed by atoms with E-state index in [-0.39, 0.29) is 11.5 Å². The lowest BCUT2D eigenvalue weighted by molar-refractivity contribution is 0.660. The van der Waals surface area contributed by atoms with Crippen LogP contribution in [0.2, 0.25) is 0 Å². The molecule has 0 bridgehead atoms. The molecule has 3 heterocycles. The van der Waals surface area contributed by atoms with Crippen molar-refractivity contribution in [3.63, 3.8) is 0 Å². The number of allylic oxidation sites excluding steroid dienone is 2. The summed E-state index contributed by atoms with van der Waals surface area (Å²) in [5.41, 5.74) is 14.6. The van der Waals surface area contributed by atoms with Crippen molar-refractivity contribution in [2.75, 3.05) is 4.90 Å². The molecule has 2 aliphatic carbocycles. The molecule has 0 radical (unpaired) electrons. The van der Waals surface area contributed by atoms with E-state index in [2.05, 4.69) is 145 Å². The monoisotopic (exact) mass is 555 g/mol. The minimum absolute atomic E-state index is 0.0439. The van der Waals surface area contributed by atoms with E-state index in [9.17, 15) is 0 Å². The smallest absolute Gasteiger partial charge is 0.235 e. The Morgan fingerprint density at radius 3 is 2.48 bits per heavy atom. The Balaban J connectivity index is 1.24. The zero-order valence-corrected chi connectivity index (χ0v) is 24.2. The van der Waals surface area contributed by atoms with Crippen LogP contribution < -0.4 is 9.48 Å². The van der Waals surface area contributed by atoms with Crippen molar-refractivity contribution in [3.8, 4) is 11.1 Å². The summed E-state index contributed by atoms with van der Waals surface area (Å²) >= 11 is 1.92. The number of fused-ring (bicyclic) bond motifs is 12. The van der Waals surface area contributed by atoms with Gasteiger partial charge in [0, 0.05) is 50.7 Å². The maximum Gasteiger partial charge on any atom is 0.235 e. The summed E-state index contributed by atoms with van der Waals surface area (Å²) in [5.74, 6) is 0. The molecule has 6 aromatic rings. The van der Waals surface area contributed by atoms with Gasteiger partial charge in [-0.3, -0.25) is 0 Å². The number of benzene rings is 5. The Labute approximate surface area is 248 Å². The van der Waals surface area contributed by atoms with Crippen LogP contribution in [0.1, 0.15) is 30.5 Å². The third-order valence-corrected chi connectivity index (χ3v) is 11.1. The van der Waals surface area contributed by atoms with Gasteiger partial charge < -0.3 is 4.90 Å². The van der Waals surface area contributed by atoms with Gasteiger partial charge in [-0.2, -0.15) is 4.58 Å². The average Bonchev–Trinajstić information content (AvgIpc) is 3.65. The summed E-state index contributed by atoms with van der Waals surface area (Å²) in [7, 11) is 0. The molecule has 0 N–H and O–H groups in total. The molecule has 2 aliphatic heterocycles. The van der Waals surface area contributed by atoms with Gasteiger partial charge in [-0.05, 0) is 46.0 Å². The van der Waals surface area contributed by atoms with Crippen LogP contribution in [-0.4, -0.2) is 11.8 Å². The van der Waals surface area contributed by atoms with E-state index >= 15 is 0 Å². The van der Waals surface area contributed by atoms with Crippen LogP contribution >= 0.6 is 11.3 Å². The molecule has 5 aromatic carbocycles. The van der Waals surface area contributed by atoms with Crippen LogP contribution in [0.5, 0.6) is 0 Å². The van der Waals surface area contributed by atoms with Gasteiger partial charge in [0.05, 0.1) is 10.4 Å². The second-order valence-electron chi connectivity index (χ2n) is 12.3. The van der Waals surface area contributed by atoms with Gasteiger partial charge in [0.2, 0.25) is 17.1 Å². The van der Waals surface area contributed by atoms with E-state index in [0.29, 0.717) is 0 Å². The van der Waals surface area contributed by atoms with Gasteiger partial charge in [0.15, 0.2) is 0 Å². The molecule has 42 heavy (non-hydrogen) atoms. The molecule has 2 nitrogen and oxygen atoms in total. The zero-order chi connectivity index (χ0) is 27.7. The molecule has 10 rings (SSSR count). The van der Waals surface area contributed by atoms with Crippen LogP contribution in [0.25, 0.3) is 36.9 Å². The molecular weight excluding hydrogens is 529 g/mol. The number of anilines is 2. The first-order valence-electron chi connectivity index (χ1n) is 14.7. The van der Waals surface area contributed by atoms with Crippen molar-refractivity contribution in [1.82, 2.24) is 4.58 Å². The van der Waals surface area contributed by atoms with E-state index in [0.717, 1.165) is 0 Å². The van der Waals surface area contributed by atoms with Crippen molar-refractivity contribution in [2.24, 2.45) is 0 Å². The first-order valence-corrected chi connectivity index (χ1v) is 15.6.